The van der Waals surface area contributed by atoms with Crippen LogP contribution in [0, 0.1) is 5.92 Å². The van der Waals surface area contributed by atoms with Crippen molar-refractivity contribution in [2.24, 2.45) is 5.92 Å². The topological polar surface area (TPSA) is 59.1 Å². The molecule has 2 heterocycles. The standard InChI is InChI=1S/C21H26N2O4S/c1-22(13-15-7-4-9-17(26-2)19(15)27-3)20(24)16-8-5-11-23(14-16)21(25)18-10-6-12-28-18/h4,6-7,9-10,12,16H,5,8,11,13-14H2,1-3H3. The molecule has 1 aliphatic heterocycles. The average Bonchev–Trinajstić information content (AvgIpc) is 3.27. The van der Waals surface area contributed by atoms with Crippen molar-refractivity contribution in [1.29, 1.82) is 0 Å². The van der Waals surface area contributed by atoms with Crippen LogP contribution in [0.2, 0.25) is 0 Å². The molecule has 28 heavy (non-hydrogen) atoms. The van der Waals surface area contributed by atoms with Crippen LogP contribution in [-0.4, -0.2) is 56.0 Å². The van der Waals surface area contributed by atoms with Gasteiger partial charge in [-0.15, -0.1) is 11.3 Å². The Bertz CT molecular complexity index is 822. The largest absolute Gasteiger partial charge is 0.493 e. The van der Waals surface area contributed by atoms with E-state index >= 15 is 0 Å². The van der Waals surface area contributed by atoms with Crippen LogP contribution in [0.4, 0.5) is 0 Å². The number of amides is 2. The highest BCUT2D eigenvalue weighted by molar-refractivity contribution is 7.12. The van der Waals surface area contributed by atoms with Crippen LogP contribution in [0.15, 0.2) is 35.7 Å². The third kappa shape index (κ3) is 4.30. The molecule has 2 aromatic rings. The second kappa shape index (κ2) is 9.10. The maximum atomic E-state index is 13.0. The average molecular weight is 403 g/mol. The van der Waals surface area contributed by atoms with Gasteiger partial charge in [-0.3, -0.25) is 9.59 Å². The van der Waals surface area contributed by atoms with Crippen LogP contribution in [0.5, 0.6) is 11.5 Å². The fourth-order valence-corrected chi connectivity index (χ4v) is 4.33. The zero-order chi connectivity index (χ0) is 20.1. The number of likely N-dealkylation sites (tertiary alicyclic amines) is 1. The first-order valence-electron chi connectivity index (χ1n) is 9.32. The van der Waals surface area contributed by atoms with E-state index < -0.39 is 0 Å². The lowest BCUT2D eigenvalue weighted by molar-refractivity contribution is -0.136. The van der Waals surface area contributed by atoms with Gasteiger partial charge in [0.05, 0.1) is 25.0 Å². The summed E-state index contributed by atoms with van der Waals surface area (Å²) in [5.74, 6) is 1.17. The Morgan fingerprint density at radius 3 is 2.71 bits per heavy atom. The summed E-state index contributed by atoms with van der Waals surface area (Å²) in [5.41, 5.74) is 0.889. The van der Waals surface area contributed by atoms with Gasteiger partial charge in [0.1, 0.15) is 0 Å². The number of benzene rings is 1. The second-order valence-electron chi connectivity index (χ2n) is 6.91. The third-order valence-corrected chi connectivity index (χ3v) is 5.92. The molecule has 3 rings (SSSR count). The molecule has 1 aromatic carbocycles. The van der Waals surface area contributed by atoms with Crippen molar-refractivity contribution >= 4 is 23.2 Å². The maximum Gasteiger partial charge on any atom is 0.263 e. The number of carbonyl (C=O) groups is 2. The Balaban J connectivity index is 1.67. The summed E-state index contributed by atoms with van der Waals surface area (Å²) >= 11 is 1.44. The summed E-state index contributed by atoms with van der Waals surface area (Å²) in [6.07, 6.45) is 1.64. The molecule has 0 saturated carbocycles. The number of thiophene rings is 1. The highest BCUT2D eigenvalue weighted by Crippen LogP contribution is 2.32. The molecule has 1 fully saturated rings. The van der Waals surface area contributed by atoms with Gasteiger partial charge in [-0.05, 0) is 30.4 Å². The predicted molar refractivity (Wildman–Crippen MR) is 109 cm³/mol. The fraction of sp³-hybridized carbons (Fsp3) is 0.429. The van der Waals surface area contributed by atoms with Crippen molar-refractivity contribution in [3.63, 3.8) is 0 Å². The Kier molecular flexibility index (Phi) is 6.57. The zero-order valence-corrected chi connectivity index (χ0v) is 17.3. The number of nitrogens with zero attached hydrogens (tertiary/aromatic N) is 2. The van der Waals surface area contributed by atoms with E-state index in [-0.39, 0.29) is 17.7 Å². The number of rotatable bonds is 6. The van der Waals surface area contributed by atoms with E-state index in [1.165, 1.54) is 11.3 Å². The van der Waals surface area contributed by atoms with Crippen molar-refractivity contribution in [3.8, 4) is 11.5 Å². The molecule has 7 heteroatoms. The Morgan fingerprint density at radius 1 is 1.21 bits per heavy atom. The van der Waals surface area contributed by atoms with E-state index in [0.29, 0.717) is 31.1 Å². The van der Waals surface area contributed by atoms with Gasteiger partial charge in [0.25, 0.3) is 5.91 Å². The van der Waals surface area contributed by atoms with E-state index in [9.17, 15) is 9.59 Å². The highest BCUT2D eigenvalue weighted by Gasteiger charge is 2.31. The monoisotopic (exact) mass is 402 g/mol. The van der Waals surface area contributed by atoms with Gasteiger partial charge in [0, 0.05) is 32.2 Å². The quantitative estimate of drug-likeness (QED) is 0.744. The molecule has 0 spiro atoms. The maximum absolute atomic E-state index is 13.0. The van der Waals surface area contributed by atoms with E-state index in [1.54, 1.807) is 31.1 Å². The summed E-state index contributed by atoms with van der Waals surface area (Å²) in [6.45, 7) is 1.59. The molecule has 0 bridgehead atoms. The van der Waals surface area contributed by atoms with E-state index in [4.69, 9.17) is 9.47 Å². The highest BCUT2D eigenvalue weighted by atomic mass is 32.1. The van der Waals surface area contributed by atoms with Crippen molar-refractivity contribution < 1.29 is 19.1 Å². The minimum atomic E-state index is -0.181. The first-order valence-corrected chi connectivity index (χ1v) is 10.2. The number of piperidine rings is 1. The van der Waals surface area contributed by atoms with Crippen LogP contribution in [-0.2, 0) is 11.3 Å². The van der Waals surface area contributed by atoms with Gasteiger partial charge in [-0.1, -0.05) is 18.2 Å². The van der Waals surface area contributed by atoms with Crippen LogP contribution < -0.4 is 9.47 Å². The molecular weight excluding hydrogens is 376 g/mol. The van der Waals surface area contributed by atoms with Gasteiger partial charge in [-0.2, -0.15) is 0 Å². The fourth-order valence-electron chi connectivity index (χ4n) is 3.64. The first-order chi connectivity index (χ1) is 13.5. The number of ether oxygens (including phenoxy) is 2. The second-order valence-corrected chi connectivity index (χ2v) is 7.86. The number of para-hydroxylation sites is 1. The van der Waals surface area contributed by atoms with Gasteiger partial charge >= 0.3 is 0 Å². The third-order valence-electron chi connectivity index (χ3n) is 5.06. The van der Waals surface area contributed by atoms with Gasteiger partial charge in [-0.25, -0.2) is 0 Å². The van der Waals surface area contributed by atoms with Crippen LogP contribution in [0.25, 0.3) is 0 Å². The molecule has 0 aliphatic carbocycles. The van der Waals surface area contributed by atoms with Gasteiger partial charge in [0.2, 0.25) is 5.91 Å². The minimum Gasteiger partial charge on any atom is -0.493 e. The van der Waals surface area contributed by atoms with E-state index in [1.807, 2.05) is 35.7 Å². The summed E-state index contributed by atoms with van der Waals surface area (Å²) < 4.78 is 10.8. The molecule has 0 N–H and O–H groups in total. The lowest BCUT2D eigenvalue weighted by Gasteiger charge is -2.34. The lowest BCUT2D eigenvalue weighted by Crippen LogP contribution is -2.45. The minimum absolute atomic E-state index is 0.0182. The van der Waals surface area contributed by atoms with Crippen LogP contribution in [0.3, 0.4) is 0 Å². The smallest absolute Gasteiger partial charge is 0.263 e. The van der Waals surface area contributed by atoms with Crippen molar-refractivity contribution in [3.05, 3.63) is 46.2 Å². The summed E-state index contributed by atoms with van der Waals surface area (Å²) in [6, 6.07) is 9.36. The first kappa shape index (κ1) is 20.2. The predicted octanol–water partition coefficient (Wildman–Crippen LogP) is 3.28. The molecule has 1 aliphatic rings. The molecule has 0 radical (unpaired) electrons. The normalized spacial score (nSPS) is 16.5. The van der Waals surface area contributed by atoms with Crippen molar-refractivity contribution in [2.45, 2.75) is 19.4 Å². The van der Waals surface area contributed by atoms with Crippen LogP contribution >= 0.6 is 11.3 Å². The molecular formula is C21H26N2O4S. The number of methoxy groups -OCH3 is 2. The number of hydrogen-bond donors (Lipinski definition) is 0. The van der Waals surface area contributed by atoms with Gasteiger partial charge < -0.3 is 19.3 Å². The number of carbonyl (C=O) groups excluding carboxylic acids is 2. The SMILES string of the molecule is COc1cccc(CN(C)C(=O)C2CCCN(C(=O)c3cccs3)C2)c1OC. The Labute approximate surface area is 169 Å². The van der Waals surface area contributed by atoms with Crippen molar-refractivity contribution in [2.75, 3.05) is 34.4 Å². The van der Waals surface area contributed by atoms with Crippen LogP contribution in [0.1, 0.15) is 28.1 Å². The molecule has 1 saturated heterocycles. The Morgan fingerprint density at radius 2 is 2.04 bits per heavy atom. The van der Waals surface area contributed by atoms with E-state index in [0.717, 1.165) is 23.3 Å². The molecule has 1 aromatic heterocycles. The zero-order valence-electron chi connectivity index (χ0n) is 16.5. The molecule has 6 nitrogen and oxygen atoms in total. The molecule has 2 amide bonds. The molecule has 150 valence electrons. The molecule has 1 unspecified atom stereocenters. The van der Waals surface area contributed by atoms with Gasteiger partial charge in [0.15, 0.2) is 11.5 Å². The summed E-state index contributed by atoms with van der Waals surface area (Å²) in [5, 5.41) is 1.90. The lowest BCUT2D eigenvalue weighted by atomic mass is 9.96. The summed E-state index contributed by atoms with van der Waals surface area (Å²) in [7, 11) is 4.98. The van der Waals surface area contributed by atoms with E-state index in [2.05, 4.69) is 0 Å². The van der Waals surface area contributed by atoms with Crippen molar-refractivity contribution in [1.82, 2.24) is 9.80 Å². The Hall–Kier alpha value is -2.54. The molecule has 1 atom stereocenters. The number of hydrogen-bond acceptors (Lipinski definition) is 5. The summed E-state index contributed by atoms with van der Waals surface area (Å²) in [4.78, 5) is 29.9.